The highest BCUT2D eigenvalue weighted by molar-refractivity contribution is 6.30. The molecule has 2 aromatic heterocycles. The Morgan fingerprint density at radius 2 is 2.03 bits per heavy atom. The minimum Gasteiger partial charge on any atom is -0.475 e. The molecule has 0 saturated carbocycles. The van der Waals surface area contributed by atoms with Crippen molar-refractivity contribution in [3.8, 4) is 17.3 Å². The molecule has 0 radical (unpaired) electrons. The lowest BCUT2D eigenvalue weighted by Crippen LogP contribution is -2.42. The van der Waals surface area contributed by atoms with Gasteiger partial charge in [0.25, 0.3) is 5.91 Å². The van der Waals surface area contributed by atoms with Crippen molar-refractivity contribution in [1.29, 1.82) is 0 Å². The number of hydrogen-bond acceptors (Lipinski definition) is 6. The van der Waals surface area contributed by atoms with E-state index >= 15 is 0 Å². The highest BCUT2D eigenvalue weighted by Crippen LogP contribution is 2.26. The maximum Gasteiger partial charge on any atom is 0.255 e. The molecule has 0 N–H and O–H groups in total. The number of amides is 1. The smallest absolute Gasteiger partial charge is 0.255 e. The van der Waals surface area contributed by atoms with E-state index in [0.717, 1.165) is 5.56 Å². The Labute approximate surface area is 174 Å². The molecule has 1 unspecified atom stereocenters. The third kappa shape index (κ3) is 4.92. The topological polar surface area (TPSA) is 81.4 Å². The summed E-state index contributed by atoms with van der Waals surface area (Å²) >= 11 is 5.85. The first-order valence-corrected chi connectivity index (χ1v) is 9.73. The fourth-order valence-corrected chi connectivity index (χ4v) is 3.09. The molecule has 0 aliphatic rings. The standard InChI is InChI=1S/C21H23ClN4O3/c1-5-26(14(3)12-28-19-9-7-16(22)11-23-19)21(27)17-8-6-13(2)10-18(17)20-25-24-15(4)29-20/h6-11,14H,5,12H2,1-4H3. The molecule has 1 atom stereocenters. The van der Waals surface area contributed by atoms with Gasteiger partial charge in [0.05, 0.1) is 22.2 Å². The van der Waals surface area contributed by atoms with Gasteiger partial charge < -0.3 is 14.1 Å². The SMILES string of the molecule is CCN(C(=O)c1ccc(C)cc1-c1nnc(C)o1)C(C)COc1ccc(Cl)cn1. The van der Waals surface area contributed by atoms with Gasteiger partial charge in [-0.2, -0.15) is 0 Å². The number of ether oxygens (including phenoxy) is 1. The molecule has 2 heterocycles. The monoisotopic (exact) mass is 414 g/mol. The van der Waals surface area contributed by atoms with Crippen molar-refractivity contribution in [1.82, 2.24) is 20.1 Å². The molecule has 8 heteroatoms. The number of hydrogen-bond donors (Lipinski definition) is 0. The zero-order chi connectivity index (χ0) is 21.0. The summed E-state index contributed by atoms with van der Waals surface area (Å²) in [6.45, 7) is 8.36. The maximum atomic E-state index is 13.3. The summed E-state index contributed by atoms with van der Waals surface area (Å²) in [4.78, 5) is 19.2. The first-order chi connectivity index (χ1) is 13.9. The Kier molecular flexibility index (Phi) is 6.49. The molecular weight excluding hydrogens is 392 g/mol. The van der Waals surface area contributed by atoms with Crippen LogP contribution in [-0.2, 0) is 0 Å². The van der Waals surface area contributed by atoms with E-state index in [1.54, 1.807) is 30.0 Å². The Morgan fingerprint density at radius 1 is 1.24 bits per heavy atom. The molecule has 0 fully saturated rings. The fourth-order valence-electron chi connectivity index (χ4n) is 2.98. The number of carbonyl (C=O) groups is 1. The van der Waals surface area contributed by atoms with Gasteiger partial charge >= 0.3 is 0 Å². The number of likely N-dealkylation sites (N-methyl/N-ethyl adjacent to an activating group) is 1. The molecule has 0 aliphatic carbocycles. The number of halogens is 1. The maximum absolute atomic E-state index is 13.3. The minimum atomic E-state index is -0.177. The summed E-state index contributed by atoms with van der Waals surface area (Å²) in [5.41, 5.74) is 2.14. The van der Waals surface area contributed by atoms with Crippen LogP contribution < -0.4 is 4.74 Å². The normalized spacial score (nSPS) is 11.9. The number of aryl methyl sites for hydroxylation is 2. The largest absolute Gasteiger partial charge is 0.475 e. The van der Waals surface area contributed by atoms with Crippen molar-refractivity contribution in [2.75, 3.05) is 13.2 Å². The number of rotatable bonds is 7. The average Bonchev–Trinajstić information content (AvgIpc) is 3.14. The van der Waals surface area contributed by atoms with E-state index < -0.39 is 0 Å². The van der Waals surface area contributed by atoms with Gasteiger partial charge in [-0.25, -0.2) is 4.98 Å². The third-order valence-electron chi connectivity index (χ3n) is 4.47. The highest BCUT2D eigenvalue weighted by atomic mass is 35.5. The van der Waals surface area contributed by atoms with Crippen molar-refractivity contribution in [2.24, 2.45) is 0 Å². The molecular formula is C21H23ClN4O3. The first kappa shape index (κ1) is 20.8. The van der Waals surface area contributed by atoms with Gasteiger partial charge in [0.15, 0.2) is 0 Å². The predicted octanol–water partition coefficient (Wildman–Crippen LogP) is 4.33. The van der Waals surface area contributed by atoms with Crippen molar-refractivity contribution in [2.45, 2.75) is 33.7 Å². The van der Waals surface area contributed by atoms with Crippen molar-refractivity contribution in [3.05, 3.63) is 58.6 Å². The van der Waals surface area contributed by atoms with Crippen molar-refractivity contribution in [3.63, 3.8) is 0 Å². The number of carbonyl (C=O) groups excluding carboxylic acids is 1. The molecule has 0 spiro atoms. The molecule has 3 aromatic rings. The van der Waals surface area contributed by atoms with Crippen LogP contribution in [0.2, 0.25) is 5.02 Å². The minimum absolute atomic E-state index is 0.126. The fraction of sp³-hybridized carbons (Fsp3) is 0.333. The molecule has 152 valence electrons. The van der Waals surface area contributed by atoms with Gasteiger partial charge in [0.1, 0.15) is 6.61 Å². The lowest BCUT2D eigenvalue weighted by atomic mass is 10.0. The quantitative estimate of drug-likeness (QED) is 0.572. The molecule has 0 saturated heterocycles. The summed E-state index contributed by atoms with van der Waals surface area (Å²) < 4.78 is 11.3. The van der Waals surface area contributed by atoms with Crippen molar-refractivity contribution < 1.29 is 13.9 Å². The second-order valence-corrected chi connectivity index (χ2v) is 7.18. The zero-order valence-corrected chi connectivity index (χ0v) is 17.6. The van der Waals surface area contributed by atoms with E-state index in [1.807, 2.05) is 32.9 Å². The Bertz CT molecular complexity index is 988. The zero-order valence-electron chi connectivity index (χ0n) is 16.8. The number of nitrogens with zero attached hydrogens (tertiary/aromatic N) is 4. The van der Waals surface area contributed by atoms with E-state index in [0.29, 0.717) is 47.0 Å². The van der Waals surface area contributed by atoms with E-state index in [4.69, 9.17) is 20.8 Å². The van der Waals surface area contributed by atoms with Gasteiger partial charge in [0, 0.05) is 25.7 Å². The van der Waals surface area contributed by atoms with E-state index in [2.05, 4.69) is 15.2 Å². The van der Waals surface area contributed by atoms with Gasteiger partial charge in [-0.1, -0.05) is 23.2 Å². The van der Waals surface area contributed by atoms with Crippen LogP contribution in [0.15, 0.2) is 40.9 Å². The second-order valence-electron chi connectivity index (χ2n) is 6.74. The molecule has 0 aliphatic heterocycles. The van der Waals surface area contributed by atoms with Gasteiger partial charge in [-0.15, -0.1) is 10.2 Å². The first-order valence-electron chi connectivity index (χ1n) is 9.35. The number of aromatic nitrogens is 3. The molecule has 7 nitrogen and oxygen atoms in total. The molecule has 1 aromatic carbocycles. The summed E-state index contributed by atoms with van der Waals surface area (Å²) in [7, 11) is 0. The lowest BCUT2D eigenvalue weighted by molar-refractivity contribution is 0.0647. The van der Waals surface area contributed by atoms with Gasteiger partial charge in [0.2, 0.25) is 17.7 Å². The third-order valence-corrected chi connectivity index (χ3v) is 4.69. The Balaban J connectivity index is 1.81. The summed E-state index contributed by atoms with van der Waals surface area (Å²) in [6.07, 6.45) is 1.52. The Morgan fingerprint density at radius 3 is 2.66 bits per heavy atom. The lowest BCUT2D eigenvalue weighted by Gasteiger charge is -2.28. The van der Waals surface area contributed by atoms with Crippen LogP contribution in [0.4, 0.5) is 0 Å². The Hall–Kier alpha value is -2.93. The summed E-state index contributed by atoms with van der Waals surface area (Å²) in [5, 5.41) is 8.51. The van der Waals surface area contributed by atoms with Crippen LogP contribution in [0.1, 0.15) is 35.7 Å². The second kappa shape index (κ2) is 9.05. The van der Waals surface area contributed by atoms with Gasteiger partial charge in [-0.05, 0) is 39.0 Å². The van der Waals surface area contributed by atoms with Gasteiger partial charge in [-0.3, -0.25) is 4.79 Å². The summed E-state index contributed by atoms with van der Waals surface area (Å²) in [6, 6.07) is 8.80. The number of benzene rings is 1. The van der Waals surface area contributed by atoms with Crippen molar-refractivity contribution >= 4 is 17.5 Å². The van der Waals surface area contributed by atoms with Crippen LogP contribution in [-0.4, -0.2) is 45.2 Å². The number of pyridine rings is 1. The average molecular weight is 415 g/mol. The predicted molar refractivity (Wildman–Crippen MR) is 110 cm³/mol. The highest BCUT2D eigenvalue weighted by Gasteiger charge is 2.25. The molecule has 29 heavy (non-hydrogen) atoms. The molecule has 1 amide bonds. The van der Waals surface area contributed by atoms with Crippen LogP contribution in [0.5, 0.6) is 5.88 Å². The van der Waals surface area contributed by atoms with Crippen LogP contribution in [0.25, 0.3) is 11.5 Å². The molecule has 3 rings (SSSR count). The van der Waals surface area contributed by atoms with Crippen LogP contribution in [0, 0.1) is 13.8 Å². The van der Waals surface area contributed by atoms with Crippen LogP contribution in [0.3, 0.4) is 0 Å². The summed E-state index contributed by atoms with van der Waals surface area (Å²) in [5.74, 6) is 1.12. The van der Waals surface area contributed by atoms with E-state index in [-0.39, 0.29) is 11.9 Å². The molecule has 0 bridgehead atoms. The van der Waals surface area contributed by atoms with E-state index in [1.165, 1.54) is 6.20 Å². The van der Waals surface area contributed by atoms with E-state index in [9.17, 15) is 4.79 Å². The van der Waals surface area contributed by atoms with Crippen LogP contribution >= 0.6 is 11.6 Å².